The Morgan fingerprint density at radius 2 is 1.96 bits per heavy atom. The summed E-state index contributed by atoms with van der Waals surface area (Å²) in [5.74, 6) is 1.68. The van der Waals surface area contributed by atoms with Gasteiger partial charge < -0.3 is 9.42 Å². The highest BCUT2D eigenvalue weighted by molar-refractivity contribution is 5.76. The summed E-state index contributed by atoms with van der Waals surface area (Å²) in [6, 6.07) is 10.6. The highest BCUT2D eigenvalue weighted by Crippen LogP contribution is 2.34. The molecule has 0 spiro atoms. The average Bonchev–Trinajstić information content (AvgIpc) is 3.35. The molecule has 0 amide bonds. The smallest absolute Gasteiger partial charge is 0.141 e. The Bertz CT molecular complexity index is 1060. The number of aromatic nitrogens is 4. The van der Waals surface area contributed by atoms with Crippen molar-refractivity contribution in [2.45, 2.75) is 27.7 Å². The van der Waals surface area contributed by atoms with Crippen LogP contribution < -0.4 is 4.90 Å². The lowest BCUT2D eigenvalue weighted by molar-refractivity contribution is 0.393. The molecule has 0 fully saturated rings. The number of anilines is 2. The van der Waals surface area contributed by atoms with Crippen molar-refractivity contribution in [2.75, 3.05) is 11.4 Å². The Kier molecular flexibility index (Phi) is 4.69. The SMILES string of the molecule is CCN(c1ccc(-n2ccnc2)nc1)c1cc(-c2c(C)noc2C)ccc1C. The average molecular weight is 373 g/mol. The minimum Gasteiger partial charge on any atom is -0.361 e. The van der Waals surface area contributed by atoms with Crippen molar-refractivity contribution in [2.24, 2.45) is 0 Å². The summed E-state index contributed by atoms with van der Waals surface area (Å²) in [4.78, 5) is 10.9. The van der Waals surface area contributed by atoms with E-state index >= 15 is 0 Å². The molecule has 1 aromatic carbocycles. The van der Waals surface area contributed by atoms with E-state index in [-0.39, 0.29) is 0 Å². The predicted molar refractivity (Wildman–Crippen MR) is 110 cm³/mol. The molecule has 6 nitrogen and oxygen atoms in total. The fraction of sp³-hybridized carbons (Fsp3) is 0.227. The molecule has 28 heavy (non-hydrogen) atoms. The van der Waals surface area contributed by atoms with Crippen LogP contribution in [0.4, 0.5) is 11.4 Å². The second-order valence-electron chi connectivity index (χ2n) is 6.79. The van der Waals surface area contributed by atoms with Gasteiger partial charge in [-0.05, 0) is 57.0 Å². The Morgan fingerprint density at radius 1 is 1.11 bits per heavy atom. The normalized spacial score (nSPS) is 11.0. The Morgan fingerprint density at radius 3 is 2.57 bits per heavy atom. The van der Waals surface area contributed by atoms with Crippen LogP contribution in [0.15, 0.2) is 59.8 Å². The molecule has 0 saturated carbocycles. The van der Waals surface area contributed by atoms with Gasteiger partial charge in [-0.25, -0.2) is 9.97 Å². The van der Waals surface area contributed by atoms with Crippen molar-refractivity contribution in [3.63, 3.8) is 0 Å². The molecule has 0 aliphatic carbocycles. The molecule has 0 bridgehead atoms. The first-order chi connectivity index (χ1) is 13.6. The molecular formula is C22H23N5O. The first-order valence-corrected chi connectivity index (χ1v) is 9.34. The number of aryl methyl sites for hydroxylation is 3. The molecule has 0 N–H and O–H groups in total. The Hall–Kier alpha value is -3.41. The van der Waals surface area contributed by atoms with Crippen molar-refractivity contribution < 1.29 is 4.52 Å². The summed E-state index contributed by atoms with van der Waals surface area (Å²) in [6.45, 7) is 9.03. The van der Waals surface area contributed by atoms with Crippen LogP contribution in [-0.4, -0.2) is 26.2 Å². The zero-order valence-corrected chi connectivity index (χ0v) is 16.5. The van der Waals surface area contributed by atoms with E-state index < -0.39 is 0 Å². The molecular weight excluding hydrogens is 350 g/mol. The standard InChI is InChI=1S/C22H23N5O/c1-5-27(19-8-9-21(24-13-19)26-11-10-23-14-26)20-12-18(7-6-15(20)2)22-16(3)25-28-17(22)4/h6-14H,5H2,1-4H3. The molecule has 0 unspecified atom stereocenters. The summed E-state index contributed by atoms with van der Waals surface area (Å²) < 4.78 is 7.25. The van der Waals surface area contributed by atoms with Crippen LogP contribution in [0.2, 0.25) is 0 Å². The van der Waals surface area contributed by atoms with Crippen LogP contribution in [0.5, 0.6) is 0 Å². The van der Waals surface area contributed by atoms with Crippen LogP contribution in [0.25, 0.3) is 16.9 Å². The maximum absolute atomic E-state index is 5.36. The predicted octanol–water partition coefficient (Wildman–Crippen LogP) is 5.01. The summed E-state index contributed by atoms with van der Waals surface area (Å²) >= 11 is 0. The van der Waals surface area contributed by atoms with Crippen LogP contribution >= 0.6 is 0 Å². The van der Waals surface area contributed by atoms with Crippen LogP contribution in [0.1, 0.15) is 23.9 Å². The molecule has 0 saturated heterocycles. The van der Waals surface area contributed by atoms with Crippen molar-refractivity contribution in [1.82, 2.24) is 19.7 Å². The van der Waals surface area contributed by atoms with E-state index in [1.54, 1.807) is 12.5 Å². The molecule has 0 aliphatic heterocycles. The number of imidazole rings is 1. The number of hydrogen-bond donors (Lipinski definition) is 0. The Labute approximate surface area is 164 Å². The minimum absolute atomic E-state index is 0.831. The van der Waals surface area contributed by atoms with Gasteiger partial charge in [0.05, 0.1) is 17.6 Å². The first-order valence-electron chi connectivity index (χ1n) is 9.34. The highest BCUT2D eigenvalue weighted by Gasteiger charge is 2.16. The number of hydrogen-bond acceptors (Lipinski definition) is 5. The number of rotatable bonds is 5. The van der Waals surface area contributed by atoms with Crippen molar-refractivity contribution >= 4 is 11.4 Å². The zero-order chi connectivity index (χ0) is 19.7. The van der Waals surface area contributed by atoms with Gasteiger partial charge in [0, 0.05) is 30.2 Å². The van der Waals surface area contributed by atoms with Crippen LogP contribution in [0.3, 0.4) is 0 Å². The van der Waals surface area contributed by atoms with Gasteiger partial charge in [-0.3, -0.25) is 4.57 Å². The van der Waals surface area contributed by atoms with Gasteiger partial charge in [0.15, 0.2) is 0 Å². The third-order valence-corrected chi connectivity index (χ3v) is 4.95. The molecule has 3 aromatic heterocycles. The molecule has 0 aliphatic rings. The molecule has 4 aromatic rings. The van der Waals surface area contributed by atoms with Crippen molar-refractivity contribution in [3.05, 3.63) is 72.3 Å². The molecule has 6 heteroatoms. The lowest BCUT2D eigenvalue weighted by atomic mass is 10.0. The maximum Gasteiger partial charge on any atom is 0.141 e. The second kappa shape index (κ2) is 7.31. The molecule has 142 valence electrons. The molecule has 0 radical (unpaired) electrons. The summed E-state index contributed by atoms with van der Waals surface area (Å²) in [5, 5.41) is 4.10. The van der Waals surface area contributed by atoms with Crippen LogP contribution in [0, 0.1) is 20.8 Å². The van der Waals surface area contributed by atoms with Gasteiger partial charge >= 0.3 is 0 Å². The minimum atomic E-state index is 0.831. The maximum atomic E-state index is 5.36. The summed E-state index contributed by atoms with van der Waals surface area (Å²) in [7, 11) is 0. The largest absolute Gasteiger partial charge is 0.361 e. The van der Waals surface area contributed by atoms with E-state index in [4.69, 9.17) is 4.52 Å². The summed E-state index contributed by atoms with van der Waals surface area (Å²) in [5.41, 5.74) is 6.48. The number of benzene rings is 1. The van der Waals surface area contributed by atoms with E-state index in [2.05, 4.69) is 58.1 Å². The lowest BCUT2D eigenvalue weighted by Crippen LogP contribution is -2.17. The molecule has 0 atom stereocenters. The molecule has 3 heterocycles. The van der Waals surface area contributed by atoms with Crippen molar-refractivity contribution in [1.29, 1.82) is 0 Å². The number of nitrogens with zero attached hydrogens (tertiary/aromatic N) is 5. The molecule has 4 rings (SSSR count). The fourth-order valence-electron chi connectivity index (χ4n) is 3.53. The monoisotopic (exact) mass is 373 g/mol. The topological polar surface area (TPSA) is 60.0 Å². The quantitative estimate of drug-likeness (QED) is 0.492. The number of pyridine rings is 1. The fourth-order valence-corrected chi connectivity index (χ4v) is 3.53. The van der Waals surface area contributed by atoms with Gasteiger partial charge in [0.2, 0.25) is 0 Å². The third kappa shape index (κ3) is 3.17. The van der Waals surface area contributed by atoms with E-state index in [1.165, 1.54) is 5.56 Å². The van der Waals surface area contributed by atoms with Crippen molar-refractivity contribution in [3.8, 4) is 16.9 Å². The zero-order valence-electron chi connectivity index (χ0n) is 16.5. The van der Waals surface area contributed by atoms with Gasteiger partial charge in [-0.15, -0.1) is 0 Å². The van der Waals surface area contributed by atoms with Gasteiger partial charge in [-0.1, -0.05) is 17.3 Å². The van der Waals surface area contributed by atoms with E-state index in [9.17, 15) is 0 Å². The van der Waals surface area contributed by atoms with Crippen LogP contribution in [-0.2, 0) is 0 Å². The third-order valence-electron chi connectivity index (χ3n) is 4.95. The van der Waals surface area contributed by atoms with E-state index in [1.807, 2.05) is 36.9 Å². The van der Waals surface area contributed by atoms with E-state index in [0.717, 1.165) is 46.3 Å². The summed E-state index contributed by atoms with van der Waals surface area (Å²) in [6.07, 6.45) is 7.28. The van der Waals surface area contributed by atoms with E-state index in [0.29, 0.717) is 0 Å². The van der Waals surface area contributed by atoms with Gasteiger partial charge in [0.25, 0.3) is 0 Å². The van der Waals surface area contributed by atoms with Gasteiger partial charge in [-0.2, -0.15) is 0 Å². The van der Waals surface area contributed by atoms with Gasteiger partial charge in [0.1, 0.15) is 17.9 Å². The second-order valence-corrected chi connectivity index (χ2v) is 6.79. The first kappa shape index (κ1) is 18.0. The lowest BCUT2D eigenvalue weighted by Gasteiger charge is -2.25. The Balaban J connectivity index is 1.73. The highest BCUT2D eigenvalue weighted by atomic mass is 16.5.